The van der Waals surface area contributed by atoms with Crippen LogP contribution in [-0.2, 0) is 21.6 Å². The summed E-state index contributed by atoms with van der Waals surface area (Å²) in [5.41, 5.74) is 0.762. The average Bonchev–Trinajstić information content (AvgIpc) is 2.85. The molecule has 13 nitrogen and oxygen atoms in total. The number of hydrogen-bond donors (Lipinski definition) is 3. The predicted octanol–water partition coefficient (Wildman–Crippen LogP) is 4.00. The van der Waals surface area contributed by atoms with Gasteiger partial charge in [0.25, 0.3) is 0 Å². The molecule has 0 spiro atoms. The molecule has 1 aliphatic rings. The van der Waals surface area contributed by atoms with Gasteiger partial charge in [0.1, 0.15) is 17.9 Å². The number of anilines is 1. The number of benzene rings is 2. The van der Waals surface area contributed by atoms with Crippen molar-refractivity contribution in [3.05, 3.63) is 64.2 Å². The Hall–Kier alpha value is -3.91. The van der Waals surface area contributed by atoms with E-state index in [0.29, 0.717) is 19.3 Å². The number of hydroxylamine groups is 1. The van der Waals surface area contributed by atoms with E-state index in [1.807, 2.05) is 6.07 Å². The number of amidine groups is 1. The first kappa shape index (κ1) is 28.7. The molecule has 1 heterocycles. The number of nitro benzene ring substituents is 1. The summed E-state index contributed by atoms with van der Waals surface area (Å²) in [6.45, 7) is 5.38. The Morgan fingerprint density at radius 3 is 2.53 bits per heavy atom. The molecular formula is C24H31N5O8S. The fourth-order valence-electron chi connectivity index (χ4n) is 3.85. The van der Waals surface area contributed by atoms with E-state index in [9.17, 15) is 28.5 Å². The minimum Gasteiger partial charge on any atom is -0.482 e. The summed E-state index contributed by atoms with van der Waals surface area (Å²) < 4.78 is 42.5. The number of nitrogens with one attached hydrogen (secondary N) is 2. The van der Waals surface area contributed by atoms with Crippen molar-refractivity contribution in [2.45, 2.75) is 58.3 Å². The Labute approximate surface area is 220 Å². The highest BCUT2D eigenvalue weighted by atomic mass is 32.2. The minimum absolute atomic E-state index is 0.0246. The summed E-state index contributed by atoms with van der Waals surface area (Å²) in [4.78, 5) is 25.1. The van der Waals surface area contributed by atoms with Gasteiger partial charge in [-0.05, 0) is 57.7 Å². The molecule has 0 aliphatic carbocycles. The van der Waals surface area contributed by atoms with Gasteiger partial charge < -0.3 is 9.47 Å². The normalized spacial score (nSPS) is 16.5. The average molecular weight is 550 g/mol. The van der Waals surface area contributed by atoms with Gasteiger partial charge >= 0.3 is 22.0 Å². The number of carbonyl (C=O) groups is 1. The standard InChI is InChI=1S/C24H31N5O8S/c1-24(2,3)37-23(30)28-15-8-7-13-19(28)22(25-31)27-38(34,35)26-18-12-9-14-20(21(18)29(32)33)36-16-17-10-5-4-6-11-17/h4-6,9-12,14,19,26,31H,7-8,13,15-16H2,1-3H3,(H,25,27). The van der Waals surface area contributed by atoms with Crippen LogP contribution in [0, 0.1) is 10.1 Å². The molecule has 1 atom stereocenters. The summed E-state index contributed by atoms with van der Waals surface area (Å²) in [7, 11) is -4.64. The zero-order chi connectivity index (χ0) is 27.9. The van der Waals surface area contributed by atoms with Crippen LogP contribution in [0.1, 0.15) is 45.6 Å². The lowest BCUT2D eigenvalue weighted by Crippen LogP contribution is -2.53. The summed E-state index contributed by atoms with van der Waals surface area (Å²) >= 11 is 0. The second-order valence-electron chi connectivity index (χ2n) is 9.53. The second kappa shape index (κ2) is 12.1. The SMILES string of the molecule is CC(C)(C)OC(=O)N1CCCCC1/C(=N/S(=O)(=O)Nc1cccc(OCc2ccccc2)c1[N+](=O)[O-])NO. The largest absolute Gasteiger partial charge is 0.482 e. The number of ether oxygens (including phenoxy) is 2. The first-order chi connectivity index (χ1) is 17.9. The van der Waals surface area contributed by atoms with Crippen LogP contribution >= 0.6 is 0 Å². The summed E-state index contributed by atoms with van der Waals surface area (Å²) in [6.07, 6.45) is 0.921. The first-order valence-electron chi connectivity index (χ1n) is 11.9. The van der Waals surface area contributed by atoms with Gasteiger partial charge in [0.2, 0.25) is 0 Å². The molecule has 1 fully saturated rings. The predicted molar refractivity (Wildman–Crippen MR) is 139 cm³/mol. The van der Waals surface area contributed by atoms with E-state index < -0.39 is 44.4 Å². The monoisotopic (exact) mass is 549 g/mol. The Bertz CT molecular complexity index is 1280. The maximum atomic E-state index is 12.9. The van der Waals surface area contributed by atoms with Crippen LogP contribution < -0.4 is 14.9 Å². The number of likely N-dealkylation sites (tertiary alicyclic amines) is 1. The smallest absolute Gasteiger partial charge is 0.410 e. The van der Waals surface area contributed by atoms with Gasteiger partial charge in [0.05, 0.1) is 11.0 Å². The number of para-hydroxylation sites is 1. The van der Waals surface area contributed by atoms with Gasteiger partial charge in [-0.2, -0.15) is 8.42 Å². The van der Waals surface area contributed by atoms with E-state index >= 15 is 0 Å². The highest BCUT2D eigenvalue weighted by Gasteiger charge is 2.35. The molecule has 2 aromatic carbocycles. The van der Waals surface area contributed by atoms with Crippen molar-refractivity contribution in [3.8, 4) is 5.75 Å². The number of carbonyl (C=O) groups excluding carboxylic acids is 1. The molecule has 1 aliphatic heterocycles. The van der Waals surface area contributed by atoms with Crippen molar-refractivity contribution in [2.75, 3.05) is 11.3 Å². The third-order valence-corrected chi connectivity index (χ3v) is 6.35. The Morgan fingerprint density at radius 2 is 1.89 bits per heavy atom. The lowest BCUT2D eigenvalue weighted by molar-refractivity contribution is -0.385. The van der Waals surface area contributed by atoms with Crippen LogP contribution in [0.2, 0.25) is 0 Å². The Kier molecular flexibility index (Phi) is 9.12. The number of piperidine rings is 1. The summed E-state index contributed by atoms with van der Waals surface area (Å²) in [6, 6.07) is 12.0. The third-order valence-electron chi connectivity index (χ3n) is 5.44. The molecule has 0 bridgehead atoms. The number of nitrogens with zero attached hydrogens (tertiary/aromatic N) is 3. The number of rotatable bonds is 8. The van der Waals surface area contributed by atoms with Crippen LogP contribution in [0.15, 0.2) is 52.9 Å². The van der Waals surface area contributed by atoms with Crippen molar-refractivity contribution in [3.63, 3.8) is 0 Å². The van der Waals surface area contributed by atoms with Crippen LogP contribution in [0.5, 0.6) is 5.75 Å². The number of hydrogen-bond acceptors (Lipinski definition) is 8. The molecule has 1 saturated heterocycles. The Morgan fingerprint density at radius 1 is 1.18 bits per heavy atom. The van der Waals surface area contributed by atoms with E-state index in [0.717, 1.165) is 5.56 Å². The minimum atomic E-state index is -4.64. The first-order valence-corrected chi connectivity index (χ1v) is 13.3. The highest BCUT2D eigenvalue weighted by Crippen LogP contribution is 2.36. The molecule has 2 aromatic rings. The van der Waals surface area contributed by atoms with Crippen molar-refractivity contribution >= 4 is 33.5 Å². The van der Waals surface area contributed by atoms with E-state index in [-0.39, 0.29) is 24.6 Å². The van der Waals surface area contributed by atoms with Crippen LogP contribution in [0.25, 0.3) is 0 Å². The quantitative estimate of drug-likeness (QED) is 0.190. The van der Waals surface area contributed by atoms with Gasteiger partial charge in [-0.15, -0.1) is 4.40 Å². The van der Waals surface area contributed by atoms with Crippen LogP contribution in [0.3, 0.4) is 0 Å². The van der Waals surface area contributed by atoms with Crippen LogP contribution in [-0.4, -0.2) is 53.6 Å². The lowest BCUT2D eigenvalue weighted by atomic mass is 10.0. The molecule has 14 heteroatoms. The number of amides is 1. The molecule has 0 saturated carbocycles. The van der Waals surface area contributed by atoms with Crippen molar-refractivity contribution in [1.82, 2.24) is 10.4 Å². The van der Waals surface area contributed by atoms with Crippen molar-refractivity contribution < 1.29 is 32.8 Å². The lowest BCUT2D eigenvalue weighted by Gasteiger charge is -2.36. The van der Waals surface area contributed by atoms with E-state index in [4.69, 9.17) is 9.47 Å². The maximum Gasteiger partial charge on any atom is 0.410 e. The molecule has 206 valence electrons. The summed E-state index contributed by atoms with van der Waals surface area (Å²) in [5.74, 6) is -0.575. The van der Waals surface area contributed by atoms with Gasteiger partial charge in [-0.1, -0.05) is 36.4 Å². The molecule has 0 radical (unpaired) electrons. The number of nitro groups is 1. The van der Waals surface area contributed by atoms with E-state index in [1.165, 1.54) is 23.1 Å². The zero-order valence-electron chi connectivity index (χ0n) is 21.3. The highest BCUT2D eigenvalue weighted by molar-refractivity contribution is 7.91. The molecule has 1 amide bonds. The second-order valence-corrected chi connectivity index (χ2v) is 10.9. The van der Waals surface area contributed by atoms with Gasteiger partial charge in [-0.3, -0.25) is 30.4 Å². The Balaban J connectivity index is 1.87. The molecular weight excluding hydrogens is 518 g/mol. The van der Waals surface area contributed by atoms with Crippen molar-refractivity contribution in [1.29, 1.82) is 0 Å². The third kappa shape index (κ3) is 7.79. The van der Waals surface area contributed by atoms with Gasteiger partial charge in [0.15, 0.2) is 11.6 Å². The molecule has 1 unspecified atom stereocenters. The topological polar surface area (TPSA) is 173 Å². The van der Waals surface area contributed by atoms with E-state index in [2.05, 4.69) is 9.12 Å². The molecule has 3 N–H and O–H groups in total. The maximum absolute atomic E-state index is 12.9. The van der Waals surface area contributed by atoms with E-state index in [1.54, 1.807) is 50.5 Å². The van der Waals surface area contributed by atoms with Crippen molar-refractivity contribution in [2.24, 2.45) is 4.40 Å². The molecule has 3 rings (SSSR count). The van der Waals surface area contributed by atoms with Gasteiger partial charge in [0, 0.05) is 6.54 Å². The van der Waals surface area contributed by atoms with Crippen LogP contribution in [0.4, 0.5) is 16.2 Å². The molecule has 0 aromatic heterocycles. The van der Waals surface area contributed by atoms with Gasteiger partial charge in [-0.25, -0.2) is 4.79 Å². The fraction of sp³-hybridized carbons (Fsp3) is 0.417. The summed E-state index contributed by atoms with van der Waals surface area (Å²) in [5, 5.41) is 21.6. The zero-order valence-corrected chi connectivity index (χ0v) is 22.1. The fourth-order valence-corrected chi connectivity index (χ4v) is 4.76. The molecule has 38 heavy (non-hydrogen) atoms.